The molecule has 0 fully saturated rings. The summed E-state index contributed by atoms with van der Waals surface area (Å²) in [5, 5.41) is 3.49. The van der Waals surface area contributed by atoms with Crippen LogP contribution < -0.4 is 10.2 Å². The maximum absolute atomic E-state index is 5.11. The summed E-state index contributed by atoms with van der Waals surface area (Å²) < 4.78 is 6.23. The molecule has 0 aromatic heterocycles. The zero-order valence-corrected chi connectivity index (χ0v) is 14.2. The van der Waals surface area contributed by atoms with Gasteiger partial charge in [-0.2, -0.15) is 0 Å². The summed E-state index contributed by atoms with van der Waals surface area (Å²) in [6.07, 6.45) is 0. The predicted molar refractivity (Wildman–Crippen MR) is 85.9 cm³/mol. The van der Waals surface area contributed by atoms with E-state index < -0.39 is 0 Å². The van der Waals surface area contributed by atoms with Crippen LogP contribution in [-0.2, 0) is 11.3 Å². The van der Waals surface area contributed by atoms with Crippen molar-refractivity contribution in [2.24, 2.45) is 0 Å². The number of rotatable bonds is 6. The van der Waals surface area contributed by atoms with E-state index in [2.05, 4.69) is 72.2 Å². The van der Waals surface area contributed by atoms with Crippen LogP contribution >= 0.6 is 15.9 Å². The largest absolute Gasteiger partial charge is 0.383 e. The zero-order valence-electron chi connectivity index (χ0n) is 12.6. The number of anilines is 1. The normalized spacial score (nSPS) is 11.7. The fraction of sp³-hybridized carbons (Fsp3) is 0.600. The molecule has 4 heteroatoms. The van der Waals surface area contributed by atoms with Gasteiger partial charge in [0.1, 0.15) is 0 Å². The average molecular weight is 329 g/mol. The molecule has 0 atom stereocenters. The van der Waals surface area contributed by atoms with Crippen molar-refractivity contribution in [2.75, 3.05) is 32.2 Å². The molecule has 0 spiro atoms. The molecule has 19 heavy (non-hydrogen) atoms. The third-order valence-corrected chi connectivity index (χ3v) is 3.51. The highest BCUT2D eigenvalue weighted by molar-refractivity contribution is 9.10. The number of nitrogens with zero attached hydrogens (tertiary/aromatic N) is 1. The van der Waals surface area contributed by atoms with E-state index in [1.54, 1.807) is 7.11 Å². The number of benzene rings is 1. The van der Waals surface area contributed by atoms with Gasteiger partial charge in [-0.1, -0.05) is 6.07 Å². The van der Waals surface area contributed by atoms with Crippen LogP contribution in [0.2, 0.25) is 0 Å². The number of hydrogen-bond acceptors (Lipinski definition) is 3. The van der Waals surface area contributed by atoms with Gasteiger partial charge in [0.15, 0.2) is 0 Å². The minimum absolute atomic E-state index is 0.139. The summed E-state index contributed by atoms with van der Waals surface area (Å²) in [7, 11) is 3.80. The van der Waals surface area contributed by atoms with E-state index in [1.165, 1.54) is 11.3 Å². The van der Waals surface area contributed by atoms with E-state index in [1.807, 2.05) is 0 Å². The highest BCUT2D eigenvalue weighted by Gasteiger charge is 2.10. The molecule has 0 aliphatic carbocycles. The molecule has 0 unspecified atom stereocenters. The van der Waals surface area contributed by atoms with E-state index >= 15 is 0 Å². The molecular weight excluding hydrogens is 304 g/mol. The Balaban J connectivity index is 2.69. The third kappa shape index (κ3) is 5.93. The van der Waals surface area contributed by atoms with Gasteiger partial charge in [0, 0.05) is 37.3 Å². The maximum Gasteiger partial charge on any atom is 0.0637 e. The monoisotopic (exact) mass is 328 g/mol. The first-order chi connectivity index (χ1) is 8.83. The van der Waals surface area contributed by atoms with Crippen LogP contribution in [0.25, 0.3) is 0 Å². The minimum Gasteiger partial charge on any atom is -0.383 e. The van der Waals surface area contributed by atoms with E-state index in [-0.39, 0.29) is 5.54 Å². The highest BCUT2D eigenvalue weighted by atomic mass is 79.9. The van der Waals surface area contributed by atoms with E-state index in [0.29, 0.717) is 0 Å². The Morgan fingerprint density at radius 2 is 2.00 bits per heavy atom. The molecule has 0 amide bonds. The molecule has 1 N–H and O–H groups in total. The number of methoxy groups -OCH3 is 1. The van der Waals surface area contributed by atoms with E-state index in [0.717, 1.165) is 24.2 Å². The summed E-state index contributed by atoms with van der Waals surface area (Å²) in [5.74, 6) is 0. The molecule has 0 saturated carbocycles. The molecular formula is C15H25BrN2O. The van der Waals surface area contributed by atoms with Crippen LogP contribution in [0.3, 0.4) is 0 Å². The Labute approximate surface area is 125 Å². The molecule has 0 aliphatic rings. The second kappa shape index (κ2) is 7.27. The second-order valence-electron chi connectivity index (χ2n) is 5.80. The zero-order chi connectivity index (χ0) is 14.5. The Hall–Kier alpha value is -0.580. The Bertz CT molecular complexity index is 402. The maximum atomic E-state index is 5.11. The summed E-state index contributed by atoms with van der Waals surface area (Å²) in [4.78, 5) is 2.19. The predicted octanol–water partition coefficient (Wildman–Crippen LogP) is 3.42. The molecule has 0 heterocycles. The van der Waals surface area contributed by atoms with E-state index in [9.17, 15) is 0 Å². The van der Waals surface area contributed by atoms with Gasteiger partial charge in [0.05, 0.1) is 12.3 Å². The van der Waals surface area contributed by atoms with Crippen molar-refractivity contribution in [2.45, 2.75) is 32.9 Å². The smallest absolute Gasteiger partial charge is 0.0637 e. The fourth-order valence-electron chi connectivity index (χ4n) is 1.69. The summed E-state index contributed by atoms with van der Waals surface area (Å²) in [6, 6.07) is 6.50. The highest BCUT2D eigenvalue weighted by Crippen LogP contribution is 2.26. The van der Waals surface area contributed by atoms with Gasteiger partial charge in [-0.05, 0) is 54.4 Å². The van der Waals surface area contributed by atoms with Crippen LogP contribution in [0.15, 0.2) is 22.7 Å². The van der Waals surface area contributed by atoms with Gasteiger partial charge in [0.25, 0.3) is 0 Å². The molecule has 0 bridgehead atoms. The van der Waals surface area contributed by atoms with Crippen molar-refractivity contribution in [1.82, 2.24) is 5.32 Å². The molecule has 1 aromatic carbocycles. The van der Waals surface area contributed by atoms with Gasteiger partial charge in [-0.15, -0.1) is 0 Å². The Kier molecular flexibility index (Phi) is 6.30. The first-order valence-electron chi connectivity index (χ1n) is 6.57. The van der Waals surface area contributed by atoms with Crippen molar-refractivity contribution in [3.8, 4) is 0 Å². The first kappa shape index (κ1) is 16.5. The van der Waals surface area contributed by atoms with Crippen molar-refractivity contribution in [3.63, 3.8) is 0 Å². The molecule has 0 saturated heterocycles. The van der Waals surface area contributed by atoms with E-state index in [4.69, 9.17) is 4.74 Å². The quantitative estimate of drug-likeness (QED) is 0.865. The van der Waals surface area contributed by atoms with Gasteiger partial charge in [0.2, 0.25) is 0 Å². The molecule has 1 aromatic rings. The molecule has 0 radical (unpaired) electrons. The number of likely N-dealkylation sites (N-methyl/N-ethyl adjacent to an activating group) is 1. The van der Waals surface area contributed by atoms with Crippen LogP contribution in [0.5, 0.6) is 0 Å². The fourth-order valence-corrected chi connectivity index (χ4v) is 2.41. The third-order valence-electron chi connectivity index (χ3n) is 2.88. The lowest BCUT2D eigenvalue weighted by Crippen LogP contribution is -2.35. The van der Waals surface area contributed by atoms with Gasteiger partial charge < -0.3 is 15.0 Å². The molecule has 0 aliphatic heterocycles. The molecule has 108 valence electrons. The van der Waals surface area contributed by atoms with Crippen LogP contribution in [0.1, 0.15) is 26.3 Å². The average Bonchev–Trinajstić information content (AvgIpc) is 2.32. The summed E-state index contributed by atoms with van der Waals surface area (Å²) in [5.41, 5.74) is 2.61. The topological polar surface area (TPSA) is 24.5 Å². The molecule has 1 rings (SSSR count). The second-order valence-corrected chi connectivity index (χ2v) is 6.66. The Morgan fingerprint density at radius 1 is 1.32 bits per heavy atom. The van der Waals surface area contributed by atoms with Gasteiger partial charge in [-0.25, -0.2) is 0 Å². The van der Waals surface area contributed by atoms with Gasteiger partial charge in [-0.3, -0.25) is 0 Å². The standard InChI is InChI=1S/C15H25BrN2O/c1-15(2,3)17-11-12-6-7-14(13(16)10-12)18(4)8-9-19-5/h6-7,10,17H,8-9,11H2,1-5H3. The number of hydrogen-bond donors (Lipinski definition) is 1. The lowest BCUT2D eigenvalue weighted by molar-refractivity contribution is 0.206. The van der Waals surface area contributed by atoms with Crippen molar-refractivity contribution in [3.05, 3.63) is 28.2 Å². The Morgan fingerprint density at radius 3 is 2.53 bits per heavy atom. The van der Waals surface area contributed by atoms with Crippen molar-refractivity contribution >= 4 is 21.6 Å². The lowest BCUT2D eigenvalue weighted by atomic mass is 10.1. The number of halogens is 1. The summed E-state index contributed by atoms with van der Waals surface area (Å²) in [6.45, 7) is 9.02. The SMILES string of the molecule is COCCN(C)c1ccc(CNC(C)(C)C)cc1Br. The van der Waals surface area contributed by atoms with Crippen molar-refractivity contribution < 1.29 is 4.74 Å². The van der Waals surface area contributed by atoms with Crippen LogP contribution in [0, 0.1) is 0 Å². The number of ether oxygens (including phenoxy) is 1. The molecule has 3 nitrogen and oxygen atoms in total. The van der Waals surface area contributed by atoms with Crippen molar-refractivity contribution in [1.29, 1.82) is 0 Å². The van der Waals surface area contributed by atoms with Crippen LogP contribution in [0.4, 0.5) is 5.69 Å². The van der Waals surface area contributed by atoms with Gasteiger partial charge >= 0.3 is 0 Å². The first-order valence-corrected chi connectivity index (χ1v) is 7.36. The lowest BCUT2D eigenvalue weighted by Gasteiger charge is -2.23. The number of nitrogens with one attached hydrogen (secondary N) is 1. The minimum atomic E-state index is 0.139. The van der Waals surface area contributed by atoms with Crippen LogP contribution in [-0.4, -0.2) is 32.8 Å². The summed E-state index contributed by atoms with van der Waals surface area (Å²) >= 11 is 3.65.